The largest absolute Gasteiger partial charge is 0.476 e. The number of rotatable bonds is 3. The predicted molar refractivity (Wildman–Crippen MR) is 70.2 cm³/mol. The van der Waals surface area contributed by atoms with Gasteiger partial charge in [-0.2, -0.15) is 13.2 Å². The molecule has 2 rings (SSSR count). The van der Waals surface area contributed by atoms with E-state index in [1.54, 1.807) is 24.3 Å². The van der Waals surface area contributed by atoms with E-state index in [1.807, 2.05) is 0 Å². The molecule has 9 heteroatoms. The number of hydrogen-bond donors (Lipinski definition) is 1. The van der Waals surface area contributed by atoms with Crippen molar-refractivity contribution in [2.24, 2.45) is 0 Å². The van der Waals surface area contributed by atoms with Gasteiger partial charge in [-0.25, -0.2) is 9.48 Å². The van der Waals surface area contributed by atoms with Crippen molar-refractivity contribution < 1.29 is 23.1 Å². The SMILES string of the molecule is O=C(O)c1nnn(Cc2ccc(I)cc2)c1C(F)(F)F. The van der Waals surface area contributed by atoms with E-state index < -0.39 is 23.5 Å². The molecule has 0 saturated carbocycles. The number of hydrogen-bond acceptors (Lipinski definition) is 3. The lowest BCUT2D eigenvalue weighted by Gasteiger charge is -2.10. The summed E-state index contributed by atoms with van der Waals surface area (Å²) in [4.78, 5) is 10.8. The zero-order chi connectivity index (χ0) is 14.9. The van der Waals surface area contributed by atoms with Crippen LogP contribution in [-0.2, 0) is 12.7 Å². The summed E-state index contributed by atoms with van der Waals surface area (Å²) in [6, 6.07) is 6.75. The molecule has 0 atom stereocenters. The van der Waals surface area contributed by atoms with Crippen LogP contribution < -0.4 is 0 Å². The van der Waals surface area contributed by atoms with Crippen LogP contribution in [0.25, 0.3) is 0 Å². The molecule has 0 aliphatic rings. The molecular weight excluding hydrogens is 390 g/mol. The highest BCUT2D eigenvalue weighted by molar-refractivity contribution is 14.1. The van der Waals surface area contributed by atoms with Crippen molar-refractivity contribution in [2.75, 3.05) is 0 Å². The van der Waals surface area contributed by atoms with Gasteiger partial charge in [-0.15, -0.1) is 5.10 Å². The van der Waals surface area contributed by atoms with Crippen molar-refractivity contribution in [1.82, 2.24) is 15.0 Å². The Balaban J connectivity index is 2.42. The molecule has 0 bridgehead atoms. The third kappa shape index (κ3) is 3.08. The van der Waals surface area contributed by atoms with Gasteiger partial charge >= 0.3 is 12.1 Å². The van der Waals surface area contributed by atoms with Crippen molar-refractivity contribution >= 4 is 28.6 Å². The molecule has 20 heavy (non-hydrogen) atoms. The molecule has 0 aliphatic carbocycles. The highest BCUT2D eigenvalue weighted by Gasteiger charge is 2.41. The quantitative estimate of drug-likeness (QED) is 0.809. The molecule has 1 heterocycles. The molecule has 0 unspecified atom stereocenters. The maximum atomic E-state index is 12.9. The topological polar surface area (TPSA) is 68.0 Å². The van der Waals surface area contributed by atoms with Gasteiger partial charge in [0.05, 0.1) is 6.54 Å². The Kier molecular flexibility index (Phi) is 3.97. The van der Waals surface area contributed by atoms with Crippen LogP contribution in [0.2, 0.25) is 0 Å². The maximum absolute atomic E-state index is 12.9. The summed E-state index contributed by atoms with van der Waals surface area (Å²) in [6.45, 7) is -0.202. The summed E-state index contributed by atoms with van der Waals surface area (Å²) >= 11 is 2.07. The average Bonchev–Trinajstić information content (AvgIpc) is 2.76. The van der Waals surface area contributed by atoms with Crippen LogP contribution in [0.1, 0.15) is 21.7 Å². The second-order valence-corrected chi connectivity index (χ2v) is 5.12. The Bertz CT molecular complexity index is 637. The number of nitrogens with zero attached hydrogens (tertiary/aromatic N) is 3. The molecule has 2 aromatic rings. The first-order chi connectivity index (χ1) is 9.29. The average molecular weight is 397 g/mol. The van der Waals surface area contributed by atoms with Gasteiger partial charge in [-0.05, 0) is 40.3 Å². The third-order valence-electron chi connectivity index (χ3n) is 2.45. The van der Waals surface area contributed by atoms with E-state index in [4.69, 9.17) is 5.11 Å². The summed E-state index contributed by atoms with van der Waals surface area (Å²) in [5.74, 6) is -1.76. The Labute approximate surface area is 124 Å². The summed E-state index contributed by atoms with van der Waals surface area (Å²) in [6.07, 6.45) is -4.83. The van der Waals surface area contributed by atoms with Crippen LogP contribution >= 0.6 is 22.6 Å². The summed E-state index contributed by atoms with van der Waals surface area (Å²) in [7, 11) is 0. The first-order valence-electron chi connectivity index (χ1n) is 5.27. The van der Waals surface area contributed by atoms with E-state index in [0.717, 1.165) is 3.57 Å². The first-order valence-corrected chi connectivity index (χ1v) is 6.35. The van der Waals surface area contributed by atoms with Crippen LogP contribution in [-0.4, -0.2) is 26.1 Å². The number of carboxylic acids is 1. The van der Waals surface area contributed by atoms with Crippen LogP contribution in [0.5, 0.6) is 0 Å². The van der Waals surface area contributed by atoms with E-state index in [0.29, 0.717) is 10.2 Å². The molecule has 5 nitrogen and oxygen atoms in total. The number of halogens is 4. The number of alkyl halides is 3. The van der Waals surface area contributed by atoms with Crippen molar-refractivity contribution in [1.29, 1.82) is 0 Å². The van der Waals surface area contributed by atoms with Gasteiger partial charge in [0.25, 0.3) is 0 Å². The van der Waals surface area contributed by atoms with Crippen LogP contribution in [0.15, 0.2) is 24.3 Å². The fourth-order valence-corrected chi connectivity index (χ4v) is 1.97. The van der Waals surface area contributed by atoms with E-state index in [-0.39, 0.29) is 6.54 Å². The molecule has 1 N–H and O–H groups in total. The number of carboxylic acid groups (broad SMARTS) is 1. The zero-order valence-electron chi connectivity index (χ0n) is 9.73. The van der Waals surface area contributed by atoms with Crippen molar-refractivity contribution in [3.63, 3.8) is 0 Å². The predicted octanol–water partition coefficient (Wildman–Crippen LogP) is 2.65. The van der Waals surface area contributed by atoms with Gasteiger partial charge in [0.1, 0.15) is 0 Å². The highest BCUT2D eigenvalue weighted by Crippen LogP contribution is 2.31. The number of aromatic carboxylic acids is 1. The van der Waals surface area contributed by atoms with Crippen molar-refractivity contribution in [3.8, 4) is 0 Å². The van der Waals surface area contributed by atoms with E-state index >= 15 is 0 Å². The summed E-state index contributed by atoms with van der Waals surface area (Å²) in [5.41, 5.74) is -1.88. The number of benzene rings is 1. The Morgan fingerprint density at radius 3 is 2.40 bits per heavy atom. The molecule has 106 valence electrons. The lowest BCUT2D eigenvalue weighted by molar-refractivity contribution is -0.144. The van der Waals surface area contributed by atoms with Gasteiger partial charge < -0.3 is 5.11 Å². The Hall–Kier alpha value is -1.65. The molecule has 0 aliphatic heterocycles. The molecule has 1 aromatic carbocycles. The fraction of sp³-hybridized carbons (Fsp3) is 0.182. The van der Waals surface area contributed by atoms with Gasteiger partial charge in [-0.1, -0.05) is 17.3 Å². The minimum absolute atomic E-state index is 0.202. The smallest absolute Gasteiger partial charge is 0.435 e. The lowest BCUT2D eigenvalue weighted by atomic mass is 10.2. The van der Waals surface area contributed by atoms with Gasteiger partial charge in [0, 0.05) is 3.57 Å². The van der Waals surface area contributed by atoms with Crippen LogP contribution in [0, 0.1) is 3.57 Å². The zero-order valence-corrected chi connectivity index (χ0v) is 11.9. The standard InChI is InChI=1S/C11H7F3IN3O2/c12-11(13,14)9-8(10(19)20)16-17-18(9)5-6-1-3-7(15)4-2-6/h1-4H,5H2,(H,19,20). The summed E-state index contributed by atoms with van der Waals surface area (Å²) in [5, 5.41) is 15.1. The third-order valence-corrected chi connectivity index (χ3v) is 3.17. The van der Waals surface area contributed by atoms with E-state index in [1.165, 1.54) is 0 Å². The van der Waals surface area contributed by atoms with Crippen LogP contribution in [0.3, 0.4) is 0 Å². The second-order valence-electron chi connectivity index (χ2n) is 3.87. The first kappa shape index (κ1) is 14.8. The second kappa shape index (κ2) is 5.38. The Morgan fingerprint density at radius 2 is 1.90 bits per heavy atom. The number of carbonyl (C=O) groups is 1. The number of aromatic nitrogens is 3. The lowest BCUT2D eigenvalue weighted by Crippen LogP contribution is -2.18. The minimum Gasteiger partial charge on any atom is -0.476 e. The molecule has 0 amide bonds. The molecule has 1 aromatic heterocycles. The van der Waals surface area contributed by atoms with E-state index in [2.05, 4.69) is 32.9 Å². The summed E-state index contributed by atoms with van der Waals surface area (Å²) < 4.78 is 40.2. The molecule has 0 radical (unpaired) electrons. The van der Waals surface area contributed by atoms with Crippen molar-refractivity contribution in [3.05, 3.63) is 44.8 Å². The highest BCUT2D eigenvalue weighted by atomic mass is 127. The normalized spacial score (nSPS) is 11.6. The monoisotopic (exact) mass is 397 g/mol. The van der Waals surface area contributed by atoms with Gasteiger partial charge in [0.15, 0.2) is 5.69 Å². The molecule has 0 saturated heterocycles. The molecule has 0 fully saturated rings. The van der Waals surface area contributed by atoms with Crippen LogP contribution in [0.4, 0.5) is 13.2 Å². The maximum Gasteiger partial charge on any atom is 0.435 e. The molecular formula is C11H7F3IN3O2. The molecule has 0 spiro atoms. The van der Waals surface area contributed by atoms with Crippen molar-refractivity contribution in [2.45, 2.75) is 12.7 Å². The van der Waals surface area contributed by atoms with Gasteiger partial charge in [-0.3, -0.25) is 0 Å². The van der Waals surface area contributed by atoms with Gasteiger partial charge in [0.2, 0.25) is 5.69 Å². The minimum atomic E-state index is -4.83. The Morgan fingerprint density at radius 1 is 1.30 bits per heavy atom. The fourth-order valence-electron chi connectivity index (χ4n) is 1.61. The van der Waals surface area contributed by atoms with E-state index in [9.17, 15) is 18.0 Å².